The molecule has 0 aliphatic heterocycles. The Morgan fingerprint density at radius 3 is 2.80 bits per heavy atom. The molecule has 6 heteroatoms. The maximum atomic E-state index is 6.44. The Kier molecular flexibility index (Phi) is 4.41. The summed E-state index contributed by atoms with van der Waals surface area (Å²) < 4.78 is 0. The van der Waals surface area contributed by atoms with Gasteiger partial charge in [-0.1, -0.05) is 41.9 Å². The molecule has 0 aliphatic rings. The van der Waals surface area contributed by atoms with E-state index in [4.69, 9.17) is 11.6 Å². The van der Waals surface area contributed by atoms with Crippen molar-refractivity contribution in [2.24, 2.45) is 5.10 Å². The van der Waals surface area contributed by atoms with Gasteiger partial charge < -0.3 is 0 Å². The molecule has 4 aromatic rings. The van der Waals surface area contributed by atoms with Gasteiger partial charge >= 0.3 is 0 Å². The fraction of sp³-hybridized carbons (Fsp3) is 0. The van der Waals surface area contributed by atoms with Crippen LogP contribution in [0.5, 0.6) is 0 Å². The number of thiazole rings is 1. The molecule has 25 heavy (non-hydrogen) atoms. The highest BCUT2D eigenvalue weighted by molar-refractivity contribution is 7.14. The van der Waals surface area contributed by atoms with Crippen molar-refractivity contribution in [3.05, 3.63) is 76.8 Å². The number of benzene rings is 2. The van der Waals surface area contributed by atoms with Gasteiger partial charge in [-0.3, -0.25) is 10.4 Å². The molecule has 2 heterocycles. The summed E-state index contributed by atoms with van der Waals surface area (Å²) in [6.45, 7) is 0. The van der Waals surface area contributed by atoms with E-state index in [0.29, 0.717) is 5.02 Å². The Hall–Kier alpha value is -2.76. The van der Waals surface area contributed by atoms with E-state index in [1.807, 2.05) is 60.0 Å². The van der Waals surface area contributed by atoms with Gasteiger partial charge in [-0.05, 0) is 24.3 Å². The van der Waals surface area contributed by atoms with E-state index in [-0.39, 0.29) is 0 Å². The van der Waals surface area contributed by atoms with Gasteiger partial charge in [-0.2, -0.15) is 5.10 Å². The normalized spacial score (nSPS) is 11.2. The van der Waals surface area contributed by atoms with E-state index < -0.39 is 0 Å². The summed E-state index contributed by atoms with van der Waals surface area (Å²) in [4.78, 5) is 8.82. The monoisotopic (exact) mass is 364 g/mol. The molecule has 0 unspecified atom stereocenters. The third-order valence-corrected chi connectivity index (χ3v) is 4.86. The first-order valence-electron chi connectivity index (χ1n) is 7.64. The number of hydrogen-bond acceptors (Lipinski definition) is 5. The lowest BCUT2D eigenvalue weighted by atomic mass is 10.1. The zero-order chi connectivity index (χ0) is 17.1. The van der Waals surface area contributed by atoms with Gasteiger partial charge in [0.05, 0.1) is 22.4 Å². The smallest absolute Gasteiger partial charge is 0.203 e. The number of rotatable bonds is 4. The summed E-state index contributed by atoms with van der Waals surface area (Å²) in [5.41, 5.74) is 6.67. The third-order valence-electron chi connectivity index (χ3n) is 3.69. The molecule has 0 radical (unpaired) electrons. The topological polar surface area (TPSA) is 50.2 Å². The summed E-state index contributed by atoms with van der Waals surface area (Å²) in [7, 11) is 0. The average Bonchev–Trinajstić information content (AvgIpc) is 3.13. The maximum absolute atomic E-state index is 6.44. The quantitative estimate of drug-likeness (QED) is 0.386. The Morgan fingerprint density at radius 1 is 1.04 bits per heavy atom. The molecule has 2 aromatic carbocycles. The van der Waals surface area contributed by atoms with Crippen LogP contribution in [0.3, 0.4) is 0 Å². The highest BCUT2D eigenvalue weighted by Gasteiger charge is 2.05. The van der Waals surface area contributed by atoms with E-state index in [2.05, 4.69) is 20.5 Å². The van der Waals surface area contributed by atoms with Crippen molar-refractivity contribution < 1.29 is 0 Å². The first-order valence-corrected chi connectivity index (χ1v) is 8.90. The Labute approximate surface area is 153 Å². The average molecular weight is 365 g/mol. The number of pyridine rings is 1. The molecule has 0 atom stereocenters. The third kappa shape index (κ3) is 3.38. The predicted octanol–water partition coefficient (Wildman–Crippen LogP) is 5.46. The second kappa shape index (κ2) is 7.01. The number of halogens is 1. The SMILES string of the molecule is Clc1c(C=NNc2nc(-c3ccccc3)cs2)ccc2ncccc12. The van der Waals surface area contributed by atoms with Gasteiger partial charge in [0.2, 0.25) is 5.13 Å². The van der Waals surface area contributed by atoms with Gasteiger partial charge in [0.25, 0.3) is 0 Å². The molecule has 0 aliphatic carbocycles. The molecule has 0 fully saturated rings. The number of nitrogens with zero attached hydrogens (tertiary/aromatic N) is 3. The summed E-state index contributed by atoms with van der Waals surface area (Å²) in [6.07, 6.45) is 3.44. The van der Waals surface area contributed by atoms with Crippen LogP contribution in [0.2, 0.25) is 5.02 Å². The number of fused-ring (bicyclic) bond motifs is 1. The van der Waals surface area contributed by atoms with Gasteiger partial charge in [0.1, 0.15) is 0 Å². The molecule has 0 saturated carbocycles. The molecular weight excluding hydrogens is 352 g/mol. The number of aromatic nitrogens is 2. The molecule has 0 saturated heterocycles. The Balaban J connectivity index is 1.52. The van der Waals surface area contributed by atoms with Gasteiger partial charge in [0.15, 0.2) is 0 Å². The van der Waals surface area contributed by atoms with E-state index >= 15 is 0 Å². The van der Waals surface area contributed by atoms with Crippen LogP contribution in [0.15, 0.2) is 71.3 Å². The lowest BCUT2D eigenvalue weighted by Crippen LogP contribution is -1.92. The van der Waals surface area contributed by atoms with Crippen LogP contribution in [0, 0.1) is 0 Å². The molecule has 4 rings (SSSR count). The lowest BCUT2D eigenvalue weighted by molar-refractivity contribution is 1.29. The van der Waals surface area contributed by atoms with Crippen LogP contribution in [-0.2, 0) is 0 Å². The van der Waals surface area contributed by atoms with Crippen LogP contribution in [-0.4, -0.2) is 16.2 Å². The molecule has 2 aromatic heterocycles. The minimum absolute atomic E-state index is 0.639. The van der Waals surface area contributed by atoms with Crippen LogP contribution in [0.1, 0.15) is 5.56 Å². The second-order valence-electron chi connectivity index (χ2n) is 5.31. The van der Waals surface area contributed by atoms with Crippen molar-refractivity contribution in [2.45, 2.75) is 0 Å². The maximum Gasteiger partial charge on any atom is 0.203 e. The van der Waals surface area contributed by atoms with Crippen molar-refractivity contribution >= 4 is 45.2 Å². The number of anilines is 1. The molecule has 0 amide bonds. The predicted molar refractivity (Wildman–Crippen MR) is 106 cm³/mol. The van der Waals surface area contributed by atoms with E-state index in [9.17, 15) is 0 Å². The summed E-state index contributed by atoms with van der Waals surface area (Å²) in [6, 6.07) is 17.7. The summed E-state index contributed by atoms with van der Waals surface area (Å²) in [5, 5.41) is 8.54. The van der Waals surface area contributed by atoms with E-state index in [1.54, 1.807) is 12.4 Å². The molecular formula is C19H13ClN4S. The Bertz CT molecular complexity index is 1040. The highest BCUT2D eigenvalue weighted by Crippen LogP contribution is 2.26. The zero-order valence-electron chi connectivity index (χ0n) is 13.1. The Morgan fingerprint density at radius 2 is 1.92 bits per heavy atom. The minimum atomic E-state index is 0.639. The largest absolute Gasteiger partial charge is 0.256 e. The number of hydrogen-bond donors (Lipinski definition) is 1. The van der Waals surface area contributed by atoms with Crippen LogP contribution < -0.4 is 5.43 Å². The first-order chi connectivity index (χ1) is 12.3. The fourth-order valence-corrected chi connectivity index (χ4v) is 3.40. The first kappa shape index (κ1) is 15.7. The standard InChI is InChI=1S/C19H13ClN4S/c20-18-14(8-9-16-15(18)7-4-10-21-16)11-22-24-19-23-17(12-25-19)13-5-2-1-3-6-13/h1-12H,(H,23,24). The van der Waals surface area contributed by atoms with Gasteiger partial charge in [0, 0.05) is 28.1 Å². The van der Waals surface area contributed by atoms with Crippen LogP contribution in [0.4, 0.5) is 5.13 Å². The molecule has 4 nitrogen and oxygen atoms in total. The molecule has 1 N–H and O–H groups in total. The zero-order valence-corrected chi connectivity index (χ0v) is 14.6. The summed E-state index contributed by atoms with van der Waals surface area (Å²) in [5.74, 6) is 0. The molecule has 0 bridgehead atoms. The van der Waals surface area contributed by atoms with E-state index in [0.717, 1.165) is 32.9 Å². The van der Waals surface area contributed by atoms with Crippen LogP contribution >= 0.6 is 22.9 Å². The molecule has 0 spiro atoms. The minimum Gasteiger partial charge on any atom is -0.256 e. The van der Waals surface area contributed by atoms with Crippen molar-refractivity contribution in [3.63, 3.8) is 0 Å². The van der Waals surface area contributed by atoms with Crippen molar-refractivity contribution in [3.8, 4) is 11.3 Å². The lowest BCUT2D eigenvalue weighted by Gasteiger charge is -2.02. The van der Waals surface area contributed by atoms with E-state index in [1.165, 1.54) is 11.3 Å². The van der Waals surface area contributed by atoms with Crippen molar-refractivity contribution in [1.82, 2.24) is 9.97 Å². The second-order valence-corrected chi connectivity index (χ2v) is 6.55. The van der Waals surface area contributed by atoms with Gasteiger partial charge in [-0.25, -0.2) is 4.98 Å². The van der Waals surface area contributed by atoms with Gasteiger partial charge in [-0.15, -0.1) is 11.3 Å². The van der Waals surface area contributed by atoms with Crippen molar-refractivity contribution in [1.29, 1.82) is 0 Å². The fourth-order valence-electron chi connectivity index (χ4n) is 2.46. The van der Waals surface area contributed by atoms with Crippen molar-refractivity contribution in [2.75, 3.05) is 5.43 Å². The highest BCUT2D eigenvalue weighted by atomic mass is 35.5. The van der Waals surface area contributed by atoms with Crippen LogP contribution in [0.25, 0.3) is 22.2 Å². The number of hydrazone groups is 1. The summed E-state index contributed by atoms with van der Waals surface area (Å²) >= 11 is 7.94. The molecule has 122 valence electrons. The number of nitrogens with one attached hydrogen (secondary N) is 1.